The van der Waals surface area contributed by atoms with Crippen molar-refractivity contribution in [3.63, 3.8) is 0 Å². The van der Waals surface area contributed by atoms with Crippen molar-refractivity contribution < 1.29 is 9.21 Å². The molecule has 2 aliphatic rings. The van der Waals surface area contributed by atoms with Crippen molar-refractivity contribution in [1.82, 2.24) is 14.8 Å². The van der Waals surface area contributed by atoms with Gasteiger partial charge in [0, 0.05) is 24.7 Å². The van der Waals surface area contributed by atoms with Gasteiger partial charge in [-0.25, -0.2) is 4.98 Å². The van der Waals surface area contributed by atoms with Crippen LogP contribution >= 0.6 is 0 Å². The minimum absolute atomic E-state index is 0.0186. The third kappa shape index (κ3) is 3.33. The van der Waals surface area contributed by atoms with Gasteiger partial charge < -0.3 is 14.2 Å². The molecule has 0 aliphatic carbocycles. The van der Waals surface area contributed by atoms with Crippen LogP contribution in [0.1, 0.15) is 41.9 Å². The lowest BCUT2D eigenvalue weighted by Crippen LogP contribution is -2.42. The number of carbonyl (C=O) groups excluding carboxylic acids is 1. The number of aromatic nitrogens is 1. The monoisotopic (exact) mass is 339 g/mol. The lowest BCUT2D eigenvalue weighted by Gasteiger charge is -2.28. The van der Waals surface area contributed by atoms with Crippen molar-refractivity contribution in [3.8, 4) is 11.5 Å². The zero-order valence-corrected chi connectivity index (χ0v) is 14.8. The molecule has 5 nitrogen and oxygen atoms in total. The second-order valence-corrected chi connectivity index (χ2v) is 7.09. The second-order valence-electron chi connectivity index (χ2n) is 7.09. The van der Waals surface area contributed by atoms with Crippen molar-refractivity contribution in [2.24, 2.45) is 0 Å². The SMILES string of the molecule is Cc1oc(-c2ccccc2)nc1C(=O)N1CCC[C@@H]1CN1CCCC1. The van der Waals surface area contributed by atoms with Gasteiger partial charge in [0.15, 0.2) is 5.69 Å². The lowest BCUT2D eigenvalue weighted by molar-refractivity contribution is 0.0702. The van der Waals surface area contributed by atoms with Gasteiger partial charge in [-0.1, -0.05) is 18.2 Å². The van der Waals surface area contributed by atoms with Crippen LogP contribution in [0, 0.1) is 6.92 Å². The van der Waals surface area contributed by atoms with Crippen LogP contribution in [0.4, 0.5) is 0 Å². The Kier molecular flexibility index (Phi) is 4.57. The summed E-state index contributed by atoms with van der Waals surface area (Å²) in [4.78, 5) is 22.1. The molecule has 25 heavy (non-hydrogen) atoms. The van der Waals surface area contributed by atoms with Gasteiger partial charge in [-0.3, -0.25) is 4.79 Å². The Balaban J connectivity index is 1.52. The van der Waals surface area contributed by atoms with Gasteiger partial charge in [-0.05, 0) is 57.8 Å². The molecular weight excluding hydrogens is 314 g/mol. The van der Waals surface area contributed by atoms with E-state index in [-0.39, 0.29) is 5.91 Å². The second kappa shape index (κ2) is 7.00. The van der Waals surface area contributed by atoms with Gasteiger partial charge in [-0.15, -0.1) is 0 Å². The van der Waals surface area contributed by atoms with Crippen LogP contribution in [0.3, 0.4) is 0 Å². The normalized spacial score (nSPS) is 21.2. The van der Waals surface area contributed by atoms with E-state index in [0.29, 0.717) is 23.4 Å². The standard InChI is InChI=1S/C20H25N3O2/c1-15-18(21-19(25-15)16-8-3-2-4-9-16)20(24)23-13-7-10-17(23)14-22-11-5-6-12-22/h2-4,8-9,17H,5-7,10-14H2,1H3/t17-/m1/s1. The molecule has 0 unspecified atom stereocenters. The summed E-state index contributed by atoms with van der Waals surface area (Å²) in [6, 6.07) is 10.1. The fourth-order valence-electron chi connectivity index (χ4n) is 3.99. The maximum absolute atomic E-state index is 13.1. The molecule has 1 atom stereocenters. The number of nitrogens with zero attached hydrogens (tertiary/aromatic N) is 3. The van der Waals surface area contributed by atoms with E-state index < -0.39 is 0 Å². The average Bonchev–Trinajstić information content (AvgIpc) is 3.37. The van der Waals surface area contributed by atoms with Crippen molar-refractivity contribution in [2.75, 3.05) is 26.2 Å². The van der Waals surface area contributed by atoms with E-state index in [2.05, 4.69) is 9.88 Å². The van der Waals surface area contributed by atoms with E-state index in [1.165, 1.54) is 25.9 Å². The van der Waals surface area contributed by atoms with Gasteiger partial charge >= 0.3 is 0 Å². The number of carbonyl (C=O) groups is 1. The van der Waals surface area contributed by atoms with Crippen molar-refractivity contribution in [2.45, 2.75) is 38.6 Å². The van der Waals surface area contributed by atoms with Crippen LogP contribution in [-0.2, 0) is 0 Å². The largest absolute Gasteiger partial charge is 0.441 e. The predicted octanol–water partition coefficient (Wildman–Crippen LogP) is 3.35. The molecule has 0 saturated carbocycles. The Morgan fingerprint density at radius 3 is 2.68 bits per heavy atom. The summed E-state index contributed by atoms with van der Waals surface area (Å²) in [7, 11) is 0. The van der Waals surface area contributed by atoms with E-state index in [1.54, 1.807) is 0 Å². The van der Waals surface area contributed by atoms with Crippen LogP contribution < -0.4 is 0 Å². The first-order valence-electron chi connectivity index (χ1n) is 9.28. The predicted molar refractivity (Wildman–Crippen MR) is 96.4 cm³/mol. The molecule has 5 heteroatoms. The third-order valence-electron chi connectivity index (χ3n) is 5.33. The number of aryl methyl sites for hydroxylation is 1. The molecule has 2 aromatic rings. The zero-order valence-electron chi connectivity index (χ0n) is 14.8. The molecule has 132 valence electrons. The van der Waals surface area contributed by atoms with E-state index in [4.69, 9.17) is 4.42 Å². The fourth-order valence-corrected chi connectivity index (χ4v) is 3.99. The highest BCUT2D eigenvalue weighted by Gasteiger charge is 2.33. The molecule has 0 bridgehead atoms. The molecule has 2 aliphatic heterocycles. The Bertz CT molecular complexity index is 735. The van der Waals surface area contributed by atoms with Crippen LogP contribution in [0.2, 0.25) is 0 Å². The van der Waals surface area contributed by atoms with E-state index >= 15 is 0 Å². The number of amides is 1. The Labute approximate surface area is 148 Å². The highest BCUT2D eigenvalue weighted by molar-refractivity contribution is 5.94. The minimum Gasteiger partial charge on any atom is -0.441 e. The first-order chi connectivity index (χ1) is 12.2. The maximum atomic E-state index is 13.1. The minimum atomic E-state index is 0.0186. The van der Waals surface area contributed by atoms with Crippen LogP contribution in [0.15, 0.2) is 34.7 Å². The Hall–Kier alpha value is -2.14. The van der Waals surface area contributed by atoms with Crippen LogP contribution in [0.5, 0.6) is 0 Å². The van der Waals surface area contributed by atoms with Crippen molar-refractivity contribution in [3.05, 3.63) is 41.8 Å². The lowest BCUT2D eigenvalue weighted by atomic mass is 10.2. The van der Waals surface area contributed by atoms with Gasteiger partial charge in [0.25, 0.3) is 5.91 Å². The van der Waals surface area contributed by atoms with E-state index in [1.807, 2.05) is 42.2 Å². The van der Waals surface area contributed by atoms with Crippen molar-refractivity contribution >= 4 is 5.91 Å². The molecular formula is C20H25N3O2. The number of oxazole rings is 1. The third-order valence-corrected chi connectivity index (χ3v) is 5.33. The summed E-state index contributed by atoms with van der Waals surface area (Å²) in [6.07, 6.45) is 4.73. The summed E-state index contributed by atoms with van der Waals surface area (Å²) in [5.41, 5.74) is 1.37. The first kappa shape index (κ1) is 16.3. The molecule has 1 aromatic carbocycles. The molecule has 4 rings (SSSR count). The first-order valence-corrected chi connectivity index (χ1v) is 9.28. The topological polar surface area (TPSA) is 49.6 Å². The van der Waals surface area contributed by atoms with Gasteiger partial charge in [0.1, 0.15) is 5.76 Å². The van der Waals surface area contributed by atoms with Gasteiger partial charge in [0.05, 0.1) is 0 Å². The van der Waals surface area contributed by atoms with Gasteiger partial charge in [-0.2, -0.15) is 0 Å². The molecule has 0 N–H and O–H groups in total. The fraction of sp³-hybridized carbons (Fsp3) is 0.500. The number of rotatable bonds is 4. The Morgan fingerprint density at radius 1 is 1.16 bits per heavy atom. The zero-order chi connectivity index (χ0) is 17.2. The summed E-state index contributed by atoms with van der Waals surface area (Å²) in [6.45, 7) is 5.98. The highest BCUT2D eigenvalue weighted by atomic mass is 16.4. The van der Waals surface area contributed by atoms with Crippen LogP contribution in [-0.4, -0.2) is 52.9 Å². The molecule has 2 saturated heterocycles. The van der Waals surface area contributed by atoms with Gasteiger partial charge in [0.2, 0.25) is 5.89 Å². The Morgan fingerprint density at radius 2 is 1.92 bits per heavy atom. The summed E-state index contributed by atoms with van der Waals surface area (Å²) in [5, 5.41) is 0. The smallest absolute Gasteiger partial charge is 0.276 e. The summed E-state index contributed by atoms with van der Waals surface area (Å²) in [5.74, 6) is 1.15. The summed E-state index contributed by atoms with van der Waals surface area (Å²) >= 11 is 0. The quantitative estimate of drug-likeness (QED) is 0.857. The highest BCUT2D eigenvalue weighted by Crippen LogP contribution is 2.26. The maximum Gasteiger partial charge on any atom is 0.276 e. The van der Waals surface area contributed by atoms with E-state index in [9.17, 15) is 4.79 Å². The molecule has 1 aromatic heterocycles. The number of benzene rings is 1. The number of hydrogen-bond acceptors (Lipinski definition) is 4. The number of likely N-dealkylation sites (tertiary alicyclic amines) is 2. The molecule has 0 radical (unpaired) electrons. The molecule has 1 amide bonds. The van der Waals surface area contributed by atoms with Crippen molar-refractivity contribution in [1.29, 1.82) is 0 Å². The van der Waals surface area contributed by atoms with Crippen LogP contribution in [0.25, 0.3) is 11.5 Å². The summed E-state index contributed by atoms with van der Waals surface area (Å²) < 4.78 is 5.78. The molecule has 2 fully saturated rings. The number of hydrogen-bond donors (Lipinski definition) is 0. The molecule has 3 heterocycles. The van der Waals surface area contributed by atoms with E-state index in [0.717, 1.165) is 31.5 Å². The molecule has 0 spiro atoms. The average molecular weight is 339 g/mol.